The number of nitrogens with zero attached hydrogens (tertiary/aromatic N) is 1. The Balaban J connectivity index is 1.73. The highest BCUT2D eigenvalue weighted by molar-refractivity contribution is 5.81. The van der Waals surface area contributed by atoms with Gasteiger partial charge in [0.2, 0.25) is 0 Å². The van der Waals surface area contributed by atoms with Crippen LogP contribution in [0.1, 0.15) is 25.0 Å². The van der Waals surface area contributed by atoms with Crippen LogP contribution in [0, 0.1) is 0 Å². The molecule has 2 atom stereocenters. The predicted molar refractivity (Wildman–Crippen MR) is 103 cm³/mol. The fourth-order valence-corrected chi connectivity index (χ4v) is 3.39. The molecule has 2 aromatic rings. The molecule has 0 aliphatic carbocycles. The van der Waals surface area contributed by atoms with Gasteiger partial charge in [0.25, 0.3) is 5.91 Å². The highest BCUT2D eigenvalue weighted by Gasteiger charge is 2.35. The van der Waals surface area contributed by atoms with Crippen molar-refractivity contribution >= 4 is 5.91 Å². The van der Waals surface area contributed by atoms with Crippen molar-refractivity contribution in [2.45, 2.75) is 44.9 Å². The van der Waals surface area contributed by atoms with E-state index in [2.05, 4.69) is 12.1 Å². The summed E-state index contributed by atoms with van der Waals surface area (Å²) < 4.78 is 11.5. The normalized spacial score (nSPS) is 18.0. The molecule has 1 N–H and O–H groups in total. The molecule has 1 heterocycles. The summed E-state index contributed by atoms with van der Waals surface area (Å²) in [5.41, 5.74) is 2.05. The molecule has 0 radical (unpaired) electrons. The van der Waals surface area contributed by atoms with Gasteiger partial charge in [0.05, 0.1) is 18.8 Å². The summed E-state index contributed by atoms with van der Waals surface area (Å²) in [6.07, 6.45) is 0.492. The van der Waals surface area contributed by atoms with Crippen LogP contribution in [-0.2, 0) is 27.1 Å². The molecule has 5 nitrogen and oxygen atoms in total. The lowest BCUT2D eigenvalue weighted by atomic mass is 10.0. The number of aromatic hydroxyl groups is 1. The second-order valence-electron chi connectivity index (χ2n) is 7.20. The smallest absolute Gasteiger partial charge is 0.254 e. The predicted octanol–water partition coefficient (Wildman–Crippen LogP) is 3.16. The van der Waals surface area contributed by atoms with E-state index in [0.717, 1.165) is 12.0 Å². The Kier molecular flexibility index (Phi) is 6.48. The van der Waals surface area contributed by atoms with E-state index in [0.29, 0.717) is 13.0 Å². The van der Waals surface area contributed by atoms with E-state index in [-0.39, 0.29) is 30.5 Å². The minimum Gasteiger partial charge on any atom is -0.508 e. The molecule has 27 heavy (non-hydrogen) atoms. The van der Waals surface area contributed by atoms with Gasteiger partial charge >= 0.3 is 0 Å². The first-order valence-electron chi connectivity index (χ1n) is 9.38. The third-order valence-corrected chi connectivity index (χ3v) is 4.62. The van der Waals surface area contributed by atoms with Gasteiger partial charge in [-0.1, -0.05) is 42.5 Å². The summed E-state index contributed by atoms with van der Waals surface area (Å²) >= 11 is 0. The van der Waals surface area contributed by atoms with Crippen LogP contribution in [0.2, 0.25) is 0 Å². The maximum Gasteiger partial charge on any atom is 0.254 e. The van der Waals surface area contributed by atoms with Gasteiger partial charge in [-0.05, 0) is 43.5 Å². The number of hydrogen-bond donors (Lipinski definition) is 1. The van der Waals surface area contributed by atoms with E-state index >= 15 is 0 Å². The van der Waals surface area contributed by atoms with E-state index in [9.17, 15) is 9.90 Å². The molecule has 1 aliphatic rings. The molecule has 0 aromatic heterocycles. The molecule has 2 aromatic carbocycles. The molecule has 0 saturated carbocycles. The lowest BCUT2D eigenvalue weighted by Crippen LogP contribution is -2.46. The number of phenols is 1. The maximum absolute atomic E-state index is 13.2. The van der Waals surface area contributed by atoms with Crippen LogP contribution in [0.25, 0.3) is 0 Å². The van der Waals surface area contributed by atoms with Gasteiger partial charge in [0, 0.05) is 6.42 Å². The molecule has 0 spiro atoms. The van der Waals surface area contributed by atoms with Crippen molar-refractivity contribution in [3.05, 3.63) is 65.7 Å². The highest BCUT2D eigenvalue weighted by Crippen LogP contribution is 2.21. The number of carbonyl (C=O) groups is 1. The molecule has 1 fully saturated rings. The Morgan fingerprint density at radius 2 is 1.93 bits per heavy atom. The summed E-state index contributed by atoms with van der Waals surface area (Å²) in [5.74, 6) is 0.125. The fraction of sp³-hybridized carbons (Fsp3) is 0.409. The van der Waals surface area contributed by atoms with Crippen LogP contribution in [0.4, 0.5) is 0 Å². The van der Waals surface area contributed by atoms with Gasteiger partial charge in [0.1, 0.15) is 18.6 Å². The summed E-state index contributed by atoms with van der Waals surface area (Å²) in [6.45, 7) is 4.66. The van der Waals surface area contributed by atoms with Crippen molar-refractivity contribution in [3.63, 3.8) is 0 Å². The van der Waals surface area contributed by atoms with Gasteiger partial charge in [-0.25, -0.2) is 0 Å². The van der Waals surface area contributed by atoms with Crippen molar-refractivity contribution in [2.75, 3.05) is 13.3 Å². The Hall–Kier alpha value is -2.37. The number of carbonyl (C=O) groups excluding carboxylic acids is 1. The third-order valence-electron chi connectivity index (χ3n) is 4.62. The minimum atomic E-state index is -0.605. The Bertz CT molecular complexity index is 747. The van der Waals surface area contributed by atoms with Gasteiger partial charge in [0.15, 0.2) is 0 Å². The quantitative estimate of drug-likeness (QED) is 0.814. The standard InChI is InChI=1S/C22H27NO4/c1-16(2)27-21(13-18-9-6-10-20(24)12-18)22(25)23-15-26-14-19(23)11-17-7-4-3-5-8-17/h3-10,12,16,19,21,24H,11,13-15H2,1-2H3/t19-,21-/m0/s1. The lowest BCUT2D eigenvalue weighted by molar-refractivity contribution is -0.148. The van der Waals surface area contributed by atoms with E-state index < -0.39 is 6.10 Å². The third kappa shape index (κ3) is 5.31. The fourth-order valence-electron chi connectivity index (χ4n) is 3.39. The SMILES string of the molecule is CC(C)O[C@@H](Cc1cccc(O)c1)C(=O)N1COC[C@@H]1Cc1ccccc1. The second-order valence-corrected chi connectivity index (χ2v) is 7.20. The van der Waals surface area contributed by atoms with Crippen LogP contribution in [0.15, 0.2) is 54.6 Å². The first kappa shape index (κ1) is 19.4. The molecule has 1 amide bonds. The molecule has 1 saturated heterocycles. The van der Waals surface area contributed by atoms with Crippen LogP contribution < -0.4 is 0 Å². The Labute approximate surface area is 160 Å². The van der Waals surface area contributed by atoms with Gasteiger partial charge < -0.3 is 19.5 Å². The molecule has 1 aliphatic heterocycles. The zero-order valence-corrected chi connectivity index (χ0v) is 15.9. The molecule has 0 unspecified atom stereocenters. The van der Waals surface area contributed by atoms with Crippen LogP contribution >= 0.6 is 0 Å². The van der Waals surface area contributed by atoms with Crippen molar-refractivity contribution in [1.29, 1.82) is 0 Å². The highest BCUT2D eigenvalue weighted by atomic mass is 16.5. The average Bonchev–Trinajstić information content (AvgIpc) is 3.09. The van der Waals surface area contributed by atoms with Gasteiger partial charge in [-0.2, -0.15) is 0 Å². The van der Waals surface area contributed by atoms with Crippen molar-refractivity contribution in [3.8, 4) is 5.75 Å². The van der Waals surface area contributed by atoms with E-state index in [1.54, 1.807) is 23.1 Å². The number of phenolic OH excluding ortho intramolecular Hbond substituents is 1. The minimum absolute atomic E-state index is 0.00217. The first-order chi connectivity index (χ1) is 13.0. The summed E-state index contributed by atoms with van der Waals surface area (Å²) in [6, 6.07) is 17.1. The lowest BCUT2D eigenvalue weighted by Gasteiger charge is -2.28. The van der Waals surface area contributed by atoms with Crippen LogP contribution in [0.3, 0.4) is 0 Å². The molecule has 5 heteroatoms. The largest absolute Gasteiger partial charge is 0.508 e. The zero-order chi connectivity index (χ0) is 19.2. The van der Waals surface area contributed by atoms with E-state index in [4.69, 9.17) is 9.47 Å². The average molecular weight is 369 g/mol. The van der Waals surface area contributed by atoms with Crippen LogP contribution in [-0.4, -0.2) is 47.5 Å². The molecular formula is C22H27NO4. The monoisotopic (exact) mass is 369 g/mol. The zero-order valence-electron chi connectivity index (χ0n) is 15.9. The maximum atomic E-state index is 13.2. The summed E-state index contributed by atoms with van der Waals surface area (Å²) in [7, 11) is 0. The summed E-state index contributed by atoms with van der Waals surface area (Å²) in [5, 5.41) is 9.71. The van der Waals surface area contributed by atoms with Crippen molar-refractivity contribution in [2.24, 2.45) is 0 Å². The van der Waals surface area contributed by atoms with Gasteiger partial charge in [-0.15, -0.1) is 0 Å². The number of amides is 1. The first-order valence-corrected chi connectivity index (χ1v) is 9.38. The van der Waals surface area contributed by atoms with E-state index in [1.165, 1.54) is 5.56 Å². The molecule has 144 valence electrons. The van der Waals surface area contributed by atoms with Crippen LogP contribution in [0.5, 0.6) is 5.75 Å². The second kappa shape index (κ2) is 9.02. The number of hydrogen-bond acceptors (Lipinski definition) is 4. The summed E-state index contributed by atoms with van der Waals surface area (Å²) in [4.78, 5) is 15.0. The Morgan fingerprint density at radius 3 is 2.63 bits per heavy atom. The molecule has 3 rings (SSSR count). The topological polar surface area (TPSA) is 59.0 Å². The number of ether oxygens (including phenoxy) is 2. The van der Waals surface area contributed by atoms with Gasteiger partial charge in [-0.3, -0.25) is 4.79 Å². The molecular weight excluding hydrogens is 342 g/mol. The Morgan fingerprint density at radius 1 is 1.19 bits per heavy atom. The van der Waals surface area contributed by atoms with E-state index in [1.807, 2.05) is 38.1 Å². The van der Waals surface area contributed by atoms with Crippen molar-refractivity contribution in [1.82, 2.24) is 4.90 Å². The van der Waals surface area contributed by atoms with Crippen molar-refractivity contribution < 1.29 is 19.4 Å². The molecule has 0 bridgehead atoms. The number of rotatable bonds is 7. The number of benzene rings is 2.